The van der Waals surface area contributed by atoms with Gasteiger partial charge < -0.3 is 14.4 Å². The maximum Gasteiger partial charge on any atom is 0.409 e. The predicted octanol–water partition coefficient (Wildman–Crippen LogP) is 2.46. The van der Waals surface area contributed by atoms with Crippen molar-refractivity contribution in [3.63, 3.8) is 0 Å². The molecule has 1 aliphatic rings. The molecule has 0 spiro atoms. The van der Waals surface area contributed by atoms with Gasteiger partial charge in [0.1, 0.15) is 5.75 Å². The number of carbonyl (C=O) groups excluding carboxylic acids is 1. The van der Waals surface area contributed by atoms with E-state index in [0.717, 1.165) is 29.7 Å². The third-order valence-electron chi connectivity index (χ3n) is 4.64. The Hall–Kier alpha value is -1.80. The van der Waals surface area contributed by atoms with Gasteiger partial charge in [0, 0.05) is 19.6 Å². The molecular formula is C18H28N2O5S. The van der Waals surface area contributed by atoms with E-state index >= 15 is 0 Å². The molecule has 1 aromatic rings. The summed E-state index contributed by atoms with van der Waals surface area (Å²) in [6.45, 7) is 7.66. The predicted molar refractivity (Wildman–Crippen MR) is 99.0 cm³/mol. The fraction of sp³-hybridized carbons (Fsp3) is 0.611. The fourth-order valence-corrected chi connectivity index (χ4v) is 4.48. The minimum Gasteiger partial charge on any atom is -0.493 e. The lowest BCUT2D eigenvalue weighted by Crippen LogP contribution is -2.41. The molecule has 146 valence electrons. The van der Waals surface area contributed by atoms with Crippen molar-refractivity contribution in [2.75, 3.05) is 33.4 Å². The van der Waals surface area contributed by atoms with E-state index in [2.05, 4.69) is 4.72 Å². The van der Waals surface area contributed by atoms with Gasteiger partial charge in [-0.3, -0.25) is 0 Å². The van der Waals surface area contributed by atoms with Gasteiger partial charge in [-0.2, -0.15) is 0 Å². The van der Waals surface area contributed by atoms with E-state index in [4.69, 9.17) is 9.47 Å². The fourth-order valence-electron chi connectivity index (χ4n) is 3.20. The summed E-state index contributed by atoms with van der Waals surface area (Å²) in [5.74, 6) is 0.942. The molecule has 0 bridgehead atoms. The van der Waals surface area contributed by atoms with Gasteiger partial charge in [-0.05, 0) is 62.8 Å². The van der Waals surface area contributed by atoms with Crippen LogP contribution in [-0.4, -0.2) is 52.8 Å². The highest BCUT2D eigenvalue weighted by Crippen LogP contribution is 2.27. The standard InChI is InChI=1S/C18H28N2O5S/c1-5-25-17-13(2)10-16(11-14(17)3)26(22,23)19-12-15-6-8-20(9-7-15)18(21)24-4/h10-11,15,19H,5-9,12H2,1-4H3. The molecule has 0 aromatic heterocycles. The van der Waals surface area contributed by atoms with E-state index in [1.165, 1.54) is 7.11 Å². The van der Waals surface area contributed by atoms with Gasteiger partial charge in [-0.25, -0.2) is 17.9 Å². The number of nitrogens with zero attached hydrogens (tertiary/aromatic N) is 1. The molecular weight excluding hydrogens is 356 g/mol. The summed E-state index contributed by atoms with van der Waals surface area (Å²) in [5.41, 5.74) is 1.61. The second-order valence-electron chi connectivity index (χ2n) is 6.57. The third kappa shape index (κ3) is 4.88. The number of rotatable bonds is 6. The Labute approximate surface area is 155 Å². The number of amides is 1. The Bertz CT molecular complexity index is 717. The molecule has 0 unspecified atom stereocenters. The van der Waals surface area contributed by atoms with Gasteiger partial charge >= 0.3 is 6.09 Å². The highest BCUT2D eigenvalue weighted by molar-refractivity contribution is 7.89. The summed E-state index contributed by atoms with van der Waals surface area (Å²) in [6.07, 6.45) is 1.17. The zero-order valence-corrected chi connectivity index (χ0v) is 16.7. The number of benzene rings is 1. The molecule has 0 radical (unpaired) electrons. The van der Waals surface area contributed by atoms with Gasteiger partial charge in [0.2, 0.25) is 10.0 Å². The van der Waals surface area contributed by atoms with E-state index in [9.17, 15) is 13.2 Å². The van der Waals surface area contributed by atoms with Crippen LogP contribution in [-0.2, 0) is 14.8 Å². The topological polar surface area (TPSA) is 84.9 Å². The van der Waals surface area contributed by atoms with Crippen LogP contribution in [0.1, 0.15) is 30.9 Å². The van der Waals surface area contributed by atoms with Crippen molar-refractivity contribution in [3.05, 3.63) is 23.3 Å². The first-order chi connectivity index (χ1) is 12.3. The van der Waals surface area contributed by atoms with Gasteiger partial charge in [0.05, 0.1) is 18.6 Å². The molecule has 1 aliphatic heterocycles. The summed E-state index contributed by atoms with van der Waals surface area (Å²) in [7, 11) is -2.22. The third-order valence-corrected chi connectivity index (χ3v) is 6.05. The molecule has 8 heteroatoms. The van der Waals surface area contributed by atoms with Crippen LogP contribution < -0.4 is 9.46 Å². The molecule has 1 fully saturated rings. The van der Waals surface area contributed by atoms with Gasteiger partial charge in [0.25, 0.3) is 0 Å². The van der Waals surface area contributed by atoms with Crippen molar-refractivity contribution >= 4 is 16.1 Å². The lowest BCUT2D eigenvalue weighted by molar-refractivity contribution is 0.106. The normalized spacial score (nSPS) is 15.8. The summed E-state index contributed by atoms with van der Waals surface area (Å²) in [5, 5.41) is 0. The van der Waals surface area contributed by atoms with Crippen molar-refractivity contribution in [2.45, 2.75) is 38.5 Å². The Balaban J connectivity index is 1.98. The second kappa shape index (κ2) is 8.73. The first kappa shape index (κ1) is 20.5. The van der Waals surface area contributed by atoms with Crippen molar-refractivity contribution in [1.82, 2.24) is 9.62 Å². The smallest absolute Gasteiger partial charge is 0.409 e. The summed E-state index contributed by atoms with van der Waals surface area (Å²) >= 11 is 0. The number of ether oxygens (including phenoxy) is 2. The molecule has 0 aliphatic carbocycles. The molecule has 1 saturated heterocycles. The summed E-state index contributed by atoms with van der Waals surface area (Å²) in [4.78, 5) is 13.4. The average Bonchev–Trinajstić information content (AvgIpc) is 2.62. The number of aryl methyl sites for hydroxylation is 2. The van der Waals surface area contributed by atoms with Crippen molar-refractivity contribution < 1.29 is 22.7 Å². The largest absolute Gasteiger partial charge is 0.493 e. The second-order valence-corrected chi connectivity index (χ2v) is 8.34. The van der Waals surface area contributed by atoms with Crippen LogP contribution in [0.5, 0.6) is 5.75 Å². The SMILES string of the molecule is CCOc1c(C)cc(S(=O)(=O)NCC2CCN(C(=O)OC)CC2)cc1C. The first-order valence-electron chi connectivity index (χ1n) is 8.85. The quantitative estimate of drug-likeness (QED) is 0.814. The zero-order chi connectivity index (χ0) is 19.3. The van der Waals surface area contributed by atoms with Crippen LogP contribution in [0.4, 0.5) is 4.79 Å². The minimum atomic E-state index is -3.58. The molecule has 0 atom stereocenters. The first-order valence-corrected chi connectivity index (χ1v) is 10.3. The number of sulfonamides is 1. The highest BCUT2D eigenvalue weighted by atomic mass is 32.2. The van der Waals surface area contributed by atoms with Crippen molar-refractivity contribution in [1.29, 1.82) is 0 Å². The van der Waals surface area contributed by atoms with Crippen LogP contribution in [0, 0.1) is 19.8 Å². The van der Waals surface area contributed by atoms with Crippen LogP contribution in [0.2, 0.25) is 0 Å². The number of hydrogen-bond donors (Lipinski definition) is 1. The van der Waals surface area contributed by atoms with E-state index in [1.807, 2.05) is 20.8 Å². The van der Waals surface area contributed by atoms with E-state index in [0.29, 0.717) is 26.2 Å². The molecule has 26 heavy (non-hydrogen) atoms. The molecule has 7 nitrogen and oxygen atoms in total. The molecule has 1 aromatic carbocycles. The monoisotopic (exact) mass is 384 g/mol. The van der Waals surface area contributed by atoms with Crippen molar-refractivity contribution in [2.24, 2.45) is 5.92 Å². The van der Waals surface area contributed by atoms with Crippen LogP contribution in [0.3, 0.4) is 0 Å². The van der Waals surface area contributed by atoms with E-state index < -0.39 is 10.0 Å². The van der Waals surface area contributed by atoms with Crippen LogP contribution >= 0.6 is 0 Å². The zero-order valence-electron chi connectivity index (χ0n) is 15.9. The molecule has 1 N–H and O–H groups in total. The summed E-state index contributed by atoms with van der Waals surface area (Å²) < 4.78 is 38.3. The van der Waals surface area contributed by atoms with Crippen LogP contribution in [0.25, 0.3) is 0 Å². The Morgan fingerprint density at radius 2 is 1.81 bits per heavy atom. The Kier molecular flexibility index (Phi) is 6.88. The van der Waals surface area contributed by atoms with E-state index in [1.54, 1.807) is 17.0 Å². The number of likely N-dealkylation sites (tertiary alicyclic amines) is 1. The number of piperidine rings is 1. The molecule has 0 saturated carbocycles. The highest BCUT2D eigenvalue weighted by Gasteiger charge is 2.25. The van der Waals surface area contributed by atoms with Gasteiger partial charge in [-0.15, -0.1) is 0 Å². The maximum absolute atomic E-state index is 12.6. The molecule has 2 rings (SSSR count). The maximum atomic E-state index is 12.6. The van der Waals surface area contributed by atoms with Crippen molar-refractivity contribution in [3.8, 4) is 5.75 Å². The van der Waals surface area contributed by atoms with Gasteiger partial charge in [0.15, 0.2) is 0 Å². The lowest BCUT2D eigenvalue weighted by atomic mass is 9.97. The Morgan fingerprint density at radius 3 is 2.31 bits per heavy atom. The average molecular weight is 384 g/mol. The number of hydrogen-bond acceptors (Lipinski definition) is 5. The number of nitrogens with one attached hydrogen (secondary N) is 1. The molecule has 1 amide bonds. The summed E-state index contributed by atoms with van der Waals surface area (Å²) in [6, 6.07) is 3.28. The number of methoxy groups -OCH3 is 1. The minimum absolute atomic E-state index is 0.204. The van der Waals surface area contributed by atoms with Gasteiger partial charge in [-0.1, -0.05) is 0 Å². The van der Waals surface area contributed by atoms with E-state index in [-0.39, 0.29) is 16.9 Å². The number of carbonyl (C=O) groups is 1. The van der Waals surface area contributed by atoms with Crippen LogP contribution in [0.15, 0.2) is 17.0 Å². The lowest BCUT2D eigenvalue weighted by Gasteiger charge is -2.30. The molecule has 1 heterocycles. The Morgan fingerprint density at radius 1 is 1.23 bits per heavy atom.